The van der Waals surface area contributed by atoms with Crippen LogP contribution in [0.3, 0.4) is 0 Å². The van der Waals surface area contributed by atoms with Crippen LogP contribution in [0.2, 0.25) is 0 Å². The Labute approximate surface area is 158 Å². The average Bonchev–Trinajstić information content (AvgIpc) is 3.58. The molecule has 0 spiro atoms. The van der Waals surface area contributed by atoms with Crippen LogP contribution < -0.4 is 20.9 Å². The summed E-state index contributed by atoms with van der Waals surface area (Å²) in [6.07, 6.45) is 8.64. The van der Waals surface area contributed by atoms with Gasteiger partial charge in [-0.05, 0) is 49.7 Å². The second-order valence-corrected chi connectivity index (χ2v) is 6.74. The van der Waals surface area contributed by atoms with Gasteiger partial charge in [0.15, 0.2) is 5.82 Å². The molecule has 0 atom stereocenters. The van der Waals surface area contributed by atoms with Crippen molar-refractivity contribution in [1.29, 1.82) is 0 Å². The smallest absolute Gasteiger partial charge is 0.247 e. The molecule has 0 amide bonds. The Hall–Kier alpha value is -3.16. The van der Waals surface area contributed by atoms with Gasteiger partial charge in [0, 0.05) is 18.5 Å². The molecule has 4 rings (SSSR count). The van der Waals surface area contributed by atoms with Crippen LogP contribution in [0.15, 0.2) is 40.5 Å². The molecule has 2 aliphatic carbocycles. The molecule has 2 aromatic rings. The highest BCUT2D eigenvalue weighted by Crippen LogP contribution is 2.29. The van der Waals surface area contributed by atoms with Crippen molar-refractivity contribution in [3.8, 4) is 5.75 Å². The van der Waals surface area contributed by atoms with E-state index in [1.807, 2.05) is 36.7 Å². The van der Waals surface area contributed by atoms with Crippen LogP contribution in [0.4, 0.5) is 23.3 Å². The van der Waals surface area contributed by atoms with Crippen LogP contribution in [0.25, 0.3) is 0 Å². The third-order valence-corrected chi connectivity index (χ3v) is 4.25. The molecule has 0 saturated heterocycles. The Morgan fingerprint density at radius 1 is 0.963 bits per heavy atom. The van der Waals surface area contributed by atoms with Gasteiger partial charge in [-0.15, -0.1) is 0 Å². The minimum absolute atomic E-state index is 0.399. The number of nitrogens with zero attached hydrogens (tertiary/aromatic N) is 4. The van der Waals surface area contributed by atoms with Crippen molar-refractivity contribution >= 4 is 35.7 Å². The van der Waals surface area contributed by atoms with E-state index in [2.05, 4.69) is 36.3 Å². The Morgan fingerprint density at radius 2 is 1.63 bits per heavy atom. The minimum Gasteiger partial charge on any atom is -0.495 e. The Bertz CT molecular complexity index is 801. The molecular formula is C19H23N7O. The molecule has 3 N–H and O–H groups in total. The number of methoxy groups -OCH3 is 1. The first-order valence-corrected chi connectivity index (χ1v) is 9.17. The summed E-state index contributed by atoms with van der Waals surface area (Å²) in [5.41, 5.74) is 6.70. The molecule has 1 aromatic carbocycles. The maximum Gasteiger partial charge on any atom is 0.247 e. The molecule has 2 fully saturated rings. The molecule has 0 unspecified atom stereocenters. The van der Waals surface area contributed by atoms with Crippen molar-refractivity contribution in [2.45, 2.75) is 25.7 Å². The van der Waals surface area contributed by atoms with Crippen LogP contribution in [0, 0.1) is 11.8 Å². The van der Waals surface area contributed by atoms with Gasteiger partial charge in [0.2, 0.25) is 5.95 Å². The number of para-hydroxylation sites is 2. The Morgan fingerprint density at radius 3 is 2.33 bits per heavy atom. The monoisotopic (exact) mass is 365 g/mol. The SMILES string of the molecule is COc1ccccc1Nc1cc(NN=CC2CC2)nc(NN=CC2CC2)n1. The fourth-order valence-corrected chi connectivity index (χ4v) is 2.40. The molecule has 0 aliphatic heterocycles. The van der Waals surface area contributed by atoms with Gasteiger partial charge in [-0.1, -0.05) is 12.1 Å². The highest BCUT2D eigenvalue weighted by Gasteiger charge is 2.19. The largest absolute Gasteiger partial charge is 0.495 e. The molecule has 8 nitrogen and oxygen atoms in total. The lowest BCUT2D eigenvalue weighted by Gasteiger charge is -2.12. The van der Waals surface area contributed by atoms with E-state index in [0.29, 0.717) is 29.4 Å². The Kier molecular flexibility index (Phi) is 5.13. The van der Waals surface area contributed by atoms with Crippen molar-refractivity contribution in [3.63, 3.8) is 0 Å². The second-order valence-electron chi connectivity index (χ2n) is 6.74. The number of ether oxygens (including phenoxy) is 1. The molecule has 1 heterocycles. The third kappa shape index (κ3) is 5.16. The molecule has 2 aliphatic rings. The van der Waals surface area contributed by atoms with E-state index in [1.165, 1.54) is 25.7 Å². The number of anilines is 4. The quantitative estimate of drug-likeness (QED) is 0.461. The van der Waals surface area contributed by atoms with Gasteiger partial charge in [0.1, 0.15) is 11.6 Å². The average molecular weight is 365 g/mol. The number of rotatable bonds is 9. The van der Waals surface area contributed by atoms with E-state index in [1.54, 1.807) is 13.2 Å². The third-order valence-electron chi connectivity index (χ3n) is 4.25. The summed E-state index contributed by atoms with van der Waals surface area (Å²) >= 11 is 0. The van der Waals surface area contributed by atoms with Crippen LogP contribution in [0.5, 0.6) is 5.75 Å². The summed E-state index contributed by atoms with van der Waals surface area (Å²) < 4.78 is 5.39. The van der Waals surface area contributed by atoms with Crippen molar-refractivity contribution < 1.29 is 4.74 Å². The number of hydrogen-bond donors (Lipinski definition) is 3. The highest BCUT2D eigenvalue weighted by molar-refractivity contribution is 5.68. The Balaban J connectivity index is 1.53. The summed E-state index contributed by atoms with van der Waals surface area (Å²) in [5, 5.41) is 11.8. The fourth-order valence-electron chi connectivity index (χ4n) is 2.40. The molecule has 27 heavy (non-hydrogen) atoms. The zero-order valence-electron chi connectivity index (χ0n) is 15.2. The summed E-state index contributed by atoms with van der Waals surface area (Å²) in [5.74, 6) is 3.50. The van der Waals surface area contributed by atoms with Gasteiger partial charge in [-0.25, -0.2) is 5.43 Å². The minimum atomic E-state index is 0.399. The van der Waals surface area contributed by atoms with Gasteiger partial charge in [-0.3, -0.25) is 5.43 Å². The molecule has 2 saturated carbocycles. The number of benzene rings is 1. The van der Waals surface area contributed by atoms with Crippen LogP contribution in [-0.4, -0.2) is 29.5 Å². The zero-order chi connectivity index (χ0) is 18.5. The topological polar surface area (TPSA) is 95.8 Å². The van der Waals surface area contributed by atoms with Crippen molar-refractivity contribution in [1.82, 2.24) is 9.97 Å². The van der Waals surface area contributed by atoms with Crippen LogP contribution >= 0.6 is 0 Å². The summed E-state index contributed by atoms with van der Waals surface area (Å²) in [6.45, 7) is 0. The second kappa shape index (κ2) is 8.03. The predicted octanol–water partition coefficient (Wildman–Crippen LogP) is 3.84. The van der Waals surface area contributed by atoms with E-state index in [0.717, 1.165) is 11.4 Å². The molecule has 0 radical (unpaired) electrons. The van der Waals surface area contributed by atoms with Gasteiger partial charge < -0.3 is 10.1 Å². The molecule has 140 valence electrons. The predicted molar refractivity (Wildman–Crippen MR) is 108 cm³/mol. The molecular weight excluding hydrogens is 342 g/mol. The van der Waals surface area contributed by atoms with E-state index in [9.17, 15) is 0 Å². The number of hydrazone groups is 2. The molecule has 0 bridgehead atoms. The van der Waals surface area contributed by atoms with Crippen LogP contribution in [-0.2, 0) is 0 Å². The first-order chi connectivity index (χ1) is 13.3. The van der Waals surface area contributed by atoms with Crippen LogP contribution in [0.1, 0.15) is 25.7 Å². The van der Waals surface area contributed by atoms with E-state index in [4.69, 9.17) is 4.74 Å². The summed E-state index contributed by atoms with van der Waals surface area (Å²) in [6, 6.07) is 9.47. The maximum atomic E-state index is 5.39. The highest BCUT2D eigenvalue weighted by atomic mass is 16.5. The maximum absolute atomic E-state index is 5.39. The van der Waals surface area contributed by atoms with Crippen molar-refractivity contribution in [3.05, 3.63) is 30.3 Å². The fraction of sp³-hybridized carbons (Fsp3) is 0.368. The van der Waals surface area contributed by atoms with E-state index in [-0.39, 0.29) is 0 Å². The number of nitrogens with one attached hydrogen (secondary N) is 3. The lowest BCUT2D eigenvalue weighted by atomic mass is 10.3. The summed E-state index contributed by atoms with van der Waals surface area (Å²) in [7, 11) is 1.64. The first-order valence-electron chi connectivity index (χ1n) is 9.17. The van der Waals surface area contributed by atoms with Gasteiger partial charge in [-0.2, -0.15) is 20.2 Å². The normalized spacial score (nSPS) is 16.6. The summed E-state index contributed by atoms with van der Waals surface area (Å²) in [4.78, 5) is 8.90. The lowest BCUT2D eigenvalue weighted by molar-refractivity contribution is 0.417. The number of hydrogen-bond acceptors (Lipinski definition) is 8. The van der Waals surface area contributed by atoms with E-state index >= 15 is 0 Å². The lowest BCUT2D eigenvalue weighted by Crippen LogP contribution is -2.04. The number of aromatic nitrogens is 2. The van der Waals surface area contributed by atoms with E-state index < -0.39 is 0 Å². The van der Waals surface area contributed by atoms with Crippen molar-refractivity contribution in [2.75, 3.05) is 23.3 Å². The van der Waals surface area contributed by atoms with Gasteiger partial charge in [0.05, 0.1) is 12.8 Å². The first kappa shape index (κ1) is 17.3. The molecule has 1 aromatic heterocycles. The standard InChI is InChI=1S/C19H23N7O/c1-27-16-5-3-2-4-15(16)22-17-10-18(25-20-11-13-6-7-13)24-19(23-17)26-21-12-14-8-9-14/h2-5,10-14H,6-9H2,1H3,(H3,22,23,24,25,26). The van der Waals surface area contributed by atoms with Crippen molar-refractivity contribution in [2.24, 2.45) is 22.0 Å². The van der Waals surface area contributed by atoms with Gasteiger partial charge in [0.25, 0.3) is 0 Å². The molecule has 8 heteroatoms. The zero-order valence-corrected chi connectivity index (χ0v) is 15.2. The van der Waals surface area contributed by atoms with Gasteiger partial charge >= 0.3 is 0 Å².